The van der Waals surface area contributed by atoms with Crippen LogP contribution in [0, 0.1) is 0 Å². The first-order valence-corrected chi connectivity index (χ1v) is 11.1. The molecule has 6 heteroatoms. The molecule has 0 aromatic carbocycles. The predicted octanol–water partition coefficient (Wildman–Crippen LogP) is 5.23. The Morgan fingerprint density at radius 2 is 1.09 bits per heavy atom. The topological polar surface area (TPSA) is 52.6 Å². The first-order chi connectivity index (χ1) is 11.0. The molecular weight excluding hydrogens is 522 g/mol. The highest BCUT2D eigenvalue weighted by atomic mass is 127. The average Bonchev–Trinajstić information content (AvgIpc) is 2.53. The minimum atomic E-state index is -0.0835. The van der Waals surface area contributed by atoms with Gasteiger partial charge in [0.15, 0.2) is 0 Å². The minimum Gasteiger partial charge on any atom is -0.465 e. The molecule has 0 heterocycles. The average molecular weight is 552 g/mol. The Labute approximate surface area is 168 Å². The molecule has 0 amide bonds. The number of hydrogen-bond acceptors (Lipinski definition) is 4. The van der Waals surface area contributed by atoms with Crippen molar-refractivity contribution in [3.63, 3.8) is 0 Å². The van der Waals surface area contributed by atoms with Crippen molar-refractivity contribution in [2.45, 2.75) is 79.5 Å². The van der Waals surface area contributed by atoms with Crippen LogP contribution < -0.4 is 0 Å². The molecule has 0 fully saturated rings. The zero-order valence-corrected chi connectivity index (χ0v) is 18.6. The van der Waals surface area contributed by atoms with Crippen molar-refractivity contribution < 1.29 is 19.1 Å². The molecule has 23 heavy (non-hydrogen) atoms. The molecule has 0 aromatic heterocycles. The summed E-state index contributed by atoms with van der Waals surface area (Å²) in [6.45, 7) is 5.18. The number of carbonyl (C=O) groups excluding carboxylic acids is 2. The predicted molar refractivity (Wildman–Crippen MR) is 110 cm³/mol. The Kier molecular flexibility index (Phi) is 16.2. The van der Waals surface area contributed by atoms with E-state index in [1.807, 2.05) is 0 Å². The normalized spacial score (nSPS) is 13.4. The number of unbranched alkanes of at least 4 members (excludes halogenated alkanes) is 4. The largest absolute Gasteiger partial charge is 0.465 e. The van der Waals surface area contributed by atoms with E-state index >= 15 is 0 Å². The number of hydrogen-bond donors (Lipinski definition) is 0. The van der Waals surface area contributed by atoms with Gasteiger partial charge in [-0.05, 0) is 25.7 Å². The zero-order chi connectivity index (χ0) is 17.5. The van der Waals surface area contributed by atoms with Crippen LogP contribution in [0.4, 0.5) is 0 Å². The van der Waals surface area contributed by atoms with Crippen molar-refractivity contribution in [1.29, 1.82) is 0 Å². The lowest BCUT2D eigenvalue weighted by Gasteiger charge is -2.10. The summed E-state index contributed by atoms with van der Waals surface area (Å²) in [6.07, 6.45) is 8.77. The lowest BCUT2D eigenvalue weighted by molar-refractivity contribution is -0.143. The van der Waals surface area contributed by atoms with Crippen LogP contribution in [0.2, 0.25) is 0 Å². The Morgan fingerprint density at radius 3 is 1.43 bits per heavy atom. The van der Waals surface area contributed by atoms with Gasteiger partial charge in [0, 0.05) is 0 Å². The van der Waals surface area contributed by atoms with E-state index in [0.29, 0.717) is 13.2 Å². The van der Waals surface area contributed by atoms with Crippen LogP contribution in [0.5, 0.6) is 0 Å². The third-order valence-electron chi connectivity index (χ3n) is 3.37. The summed E-state index contributed by atoms with van der Waals surface area (Å²) in [4.78, 5) is 23.2. The molecule has 0 rings (SSSR count). The molecule has 0 radical (unpaired) electrons. The van der Waals surface area contributed by atoms with Crippen LogP contribution in [0.3, 0.4) is 0 Å². The van der Waals surface area contributed by atoms with Crippen molar-refractivity contribution >= 4 is 57.1 Å². The summed E-state index contributed by atoms with van der Waals surface area (Å²) in [7, 11) is 0. The van der Waals surface area contributed by atoms with E-state index in [-0.39, 0.29) is 19.8 Å². The highest BCUT2D eigenvalue weighted by Gasteiger charge is 2.15. The van der Waals surface area contributed by atoms with Gasteiger partial charge >= 0.3 is 11.9 Å². The second-order valence-corrected chi connectivity index (χ2v) is 8.62. The lowest BCUT2D eigenvalue weighted by atomic mass is 10.1. The van der Waals surface area contributed by atoms with Crippen molar-refractivity contribution in [3.05, 3.63) is 0 Å². The fraction of sp³-hybridized carbons (Fsp3) is 0.882. The zero-order valence-electron chi connectivity index (χ0n) is 14.3. The van der Waals surface area contributed by atoms with E-state index in [1.165, 1.54) is 0 Å². The van der Waals surface area contributed by atoms with E-state index in [4.69, 9.17) is 9.47 Å². The molecule has 0 saturated carbocycles. The molecule has 4 nitrogen and oxygen atoms in total. The van der Waals surface area contributed by atoms with Gasteiger partial charge in [0.1, 0.15) is 7.85 Å². The van der Waals surface area contributed by atoms with Crippen LogP contribution in [0.25, 0.3) is 0 Å². The number of carbonyl (C=O) groups is 2. The summed E-state index contributed by atoms with van der Waals surface area (Å²) in [5, 5.41) is 0. The fourth-order valence-corrected chi connectivity index (χ4v) is 3.61. The minimum absolute atomic E-state index is 0.0123. The molecular formula is C17H30I2O4. The molecule has 2 unspecified atom stereocenters. The number of rotatable bonds is 14. The summed E-state index contributed by atoms with van der Waals surface area (Å²) in [5.74, 6) is -0.167. The van der Waals surface area contributed by atoms with Crippen molar-refractivity contribution in [2.24, 2.45) is 0 Å². The van der Waals surface area contributed by atoms with Crippen LogP contribution in [-0.2, 0) is 19.1 Å². The molecule has 0 aliphatic heterocycles. The van der Waals surface area contributed by atoms with E-state index in [1.54, 1.807) is 0 Å². The summed E-state index contributed by atoms with van der Waals surface area (Å²) < 4.78 is 10.5. The van der Waals surface area contributed by atoms with Crippen LogP contribution in [0.15, 0.2) is 0 Å². The number of halogens is 2. The van der Waals surface area contributed by atoms with Gasteiger partial charge in [-0.25, -0.2) is 0 Å². The smallest absolute Gasteiger partial charge is 0.318 e. The Bertz CT molecular complexity index is 294. The Balaban J connectivity index is 3.40. The first-order valence-electron chi connectivity index (χ1n) is 8.64. The standard InChI is InChI=1S/C17H30I2O4/c1-3-10-14(18)16(20)22-12-8-6-5-7-9-13-23-17(21)15(19)11-4-2/h14-15H,3-13H2,1-2H3. The Hall–Kier alpha value is 0.400. The SMILES string of the molecule is CCCC(I)C(=O)OCCCCCCCOC(=O)C(I)CCC. The van der Waals surface area contributed by atoms with Gasteiger partial charge < -0.3 is 9.47 Å². The molecule has 0 aliphatic rings. The van der Waals surface area contributed by atoms with Gasteiger partial charge in [-0.3, -0.25) is 9.59 Å². The second kappa shape index (κ2) is 15.9. The lowest BCUT2D eigenvalue weighted by Crippen LogP contribution is -2.17. The number of alkyl halides is 2. The highest BCUT2D eigenvalue weighted by molar-refractivity contribution is 14.1. The third kappa shape index (κ3) is 13.4. The molecule has 136 valence electrons. The maximum Gasteiger partial charge on any atom is 0.318 e. The van der Waals surface area contributed by atoms with Gasteiger partial charge in [0.05, 0.1) is 13.2 Å². The van der Waals surface area contributed by atoms with E-state index in [9.17, 15) is 9.59 Å². The molecule has 0 bridgehead atoms. The van der Waals surface area contributed by atoms with Gasteiger partial charge in [0.25, 0.3) is 0 Å². The molecule has 0 saturated heterocycles. The number of ether oxygens (including phenoxy) is 2. The summed E-state index contributed by atoms with van der Waals surface area (Å²) in [6, 6.07) is 0. The summed E-state index contributed by atoms with van der Waals surface area (Å²) >= 11 is 4.30. The molecule has 2 atom stereocenters. The van der Waals surface area contributed by atoms with Crippen LogP contribution in [-0.4, -0.2) is 33.0 Å². The van der Waals surface area contributed by atoms with Crippen molar-refractivity contribution in [1.82, 2.24) is 0 Å². The second-order valence-electron chi connectivity index (χ2n) is 5.62. The third-order valence-corrected chi connectivity index (χ3v) is 5.64. The van der Waals surface area contributed by atoms with Gasteiger partial charge in [-0.2, -0.15) is 0 Å². The Morgan fingerprint density at radius 1 is 0.739 bits per heavy atom. The fourth-order valence-electron chi connectivity index (χ4n) is 2.00. The van der Waals surface area contributed by atoms with Gasteiger partial charge in [-0.1, -0.05) is 91.1 Å². The van der Waals surface area contributed by atoms with Gasteiger partial charge in [0.2, 0.25) is 0 Å². The summed E-state index contributed by atoms with van der Waals surface area (Å²) in [5.41, 5.74) is 0. The molecule has 0 aromatic rings. The van der Waals surface area contributed by atoms with Gasteiger partial charge in [-0.15, -0.1) is 0 Å². The number of esters is 2. The first kappa shape index (κ1) is 23.4. The highest BCUT2D eigenvalue weighted by Crippen LogP contribution is 2.12. The monoisotopic (exact) mass is 552 g/mol. The quantitative estimate of drug-likeness (QED) is 0.128. The molecule has 0 aliphatic carbocycles. The van der Waals surface area contributed by atoms with Crippen molar-refractivity contribution in [2.75, 3.05) is 13.2 Å². The maximum atomic E-state index is 11.6. The van der Waals surface area contributed by atoms with E-state index in [0.717, 1.165) is 57.8 Å². The molecule has 0 N–H and O–H groups in total. The molecule has 0 spiro atoms. The van der Waals surface area contributed by atoms with Crippen LogP contribution >= 0.6 is 45.2 Å². The van der Waals surface area contributed by atoms with E-state index < -0.39 is 0 Å². The van der Waals surface area contributed by atoms with E-state index in [2.05, 4.69) is 59.0 Å². The maximum absolute atomic E-state index is 11.6. The van der Waals surface area contributed by atoms with Crippen molar-refractivity contribution in [3.8, 4) is 0 Å². The van der Waals surface area contributed by atoms with Crippen LogP contribution in [0.1, 0.15) is 71.6 Å².